The lowest BCUT2D eigenvalue weighted by Gasteiger charge is -2.09. The molecule has 4 aromatic rings. The van der Waals surface area contributed by atoms with Crippen molar-refractivity contribution in [1.82, 2.24) is 9.56 Å². The topological polar surface area (TPSA) is 112 Å². The lowest BCUT2D eigenvalue weighted by atomic mass is 10.1. The zero-order valence-corrected chi connectivity index (χ0v) is 17.3. The Balaban J connectivity index is 1.44. The first-order valence-electron chi connectivity index (χ1n) is 9.65. The molecule has 2 heterocycles. The van der Waals surface area contributed by atoms with Crippen molar-refractivity contribution < 1.29 is 23.6 Å². The van der Waals surface area contributed by atoms with Gasteiger partial charge in [-0.05, 0) is 43.3 Å². The highest BCUT2D eigenvalue weighted by molar-refractivity contribution is 6.05. The molecule has 2 aromatic carbocycles. The van der Waals surface area contributed by atoms with Gasteiger partial charge >= 0.3 is 5.97 Å². The summed E-state index contributed by atoms with van der Waals surface area (Å²) in [6.07, 6.45) is 0. The second kappa shape index (κ2) is 8.76. The van der Waals surface area contributed by atoms with E-state index < -0.39 is 11.5 Å². The number of carbonyl (C=O) groups is 2. The molecule has 1 amide bonds. The number of aryl methyl sites for hydroxylation is 1. The van der Waals surface area contributed by atoms with Gasteiger partial charge in [0, 0.05) is 23.4 Å². The van der Waals surface area contributed by atoms with Crippen LogP contribution >= 0.6 is 0 Å². The van der Waals surface area contributed by atoms with Gasteiger partial charge in [-0.25, -0.2) is 9.78 Å². The van der Waals surface area contributed by atoms with Gasteiger partial charge in [-0.3, -0.25) is 9.59 Å². The van der Waals surface area contributed by atoms with E-state index >= 15 is 0 Å². The average molecular weight is 433 g/mol. The molecule has 0 unspecified atom stereocenters. The standard InChI is InChI=1S/C23H19N3O6/c1-14-9-20-24-18(12-21(27)26(20)32-14)13-31-23(29)16-6-3-7-17(10-16)25-22(28)15-5-4-8-19(11-15)30-2/h3-12H,13H2,1-2H3,(H,25,28). The molecule has 0 bridgehead atoms. The van der Waals surface area contributed by atoms with E-state index in [1.54, 1.807) is 55.5 Å². The molecule has 2 aromatic heterocycles. The Morgan fingerprint density at radius 2 is 1.84 bits per heavy atom. The maximum Gasteiger partial charge on any atom is 0.338 e. The molecular formula is C23H19N3O6. The summed E-state index contributed by atoms with van der Waals surface area (Å²) in [6, 6.07) is 15.9. The highest BCUT2D eigenvalue weighted by Gasteiger charge is 2.13. The van der Waals surface area contributed by atoms with E-state index in [1.165, 1.54) is 19.2 Å². The number of rotatable bonds is 6. The molecule has 0 fully saturated rings. The summed E-state index contributed by atoms with van der Waals surface area (Å²) in [5, 5.41) is 2.74. The third-order valence-corrected chi connectivity index (χ3v) is 4.56. The van der Waals surface area contributed by atoms with Crippen LogP contribution in [0.4, 0.5) is 5.69 Å². The van der Waals surface area contributed by atoms with Crippen LogP contribution in [0.3, 0.4) is 0 Å². The number of carbonyl (C=O) groups excluding carboxylic acids is 2. The Morgan fingerprint density at radius 3 is 2.66 bits per heavy atom. The number of nitrogens with zero attached hydrogens (tertiary/aromatic N) is 2. The minimum atomic E-state index is -0.618. The van der Waals surface area contributed by atoms with E-state index in [0.717, 1.165) is 4.57 Å². The summed E-state index contributed by atoms with van der Waals surface area (Å²) in [4.78, 5) is 41.3. The van der Waals surface area contributed by atoms with Gasteiger partial charge in [0.25, 0.3) is 11.5 Å². The zero-order chi connectivity index (χ0) is 22.7. The monoisotopic (exact) mass is 433 g/mol. The largest absolute Gasteiger partial charge is 0.497 e. The minimum absolute atomic E-state index is 0.185. The van der Waals surface area contributed by atoms with Crippen molar-refractivity contribution >= 4 is 23.2 Å². The molecule has 162 valence electrons. The highest BCUT2D eigenvalue weighted by atomic mass is 16.5. The molecule has 0 saturated carbocycles. The molecule has 9 nitrogen and oxygen atoms in total. The van der Waals surface area contributed by atoms with Gasteiger partial charge in [-0.15, -0.1) is 4.57 Å². The number of esters is 1. The molecule has 1 N–H and O–H groups in total. The number of nitrogens with one attached hydrogen (secondary N) is 1. The second-order valence-corrected chi connectivity index (χ2v) is 6.93. The van der Waals surface area contributed by atoms with Gasteiger partial charge in [0.1, 0.15) is 18.1 Å². The number of methoxy groups -OCH3 is 1. The fraction of sp³-hybridized carbons (Fsp3) is 0.130. The van der Waals surface area contributed by atoms with Crippen LogP contribution in [0.1, 0.15) is 32.2 Å². The van der Waals surface area contributed by atoms with Crippen molar-refractivity contribution in [2.75, 3.05) is 12.4 Å². The smallest absolute Gasteiger partial charge is 0.338 e. The van der Waals surface area contributed by atoms with Gasteiger partial charge < -0.3 is 19.3 Å². The summed E-state index contributed by atoms with van der Waals surface area (Å²) in [5.41, 5.74) is 1.32. The van der Waals surface area contributed by atoms with Crippen LogP contribution in [0, 0.1) is 6.92 Å². The Morgan fingerprint density at radius 1 is 1.06 bits per heavy atom. The number of ether oxygens (including phenoxy) is 2. The van der Waals surface area contributed by atoms with Gasteiger partial charge in [-0.1, -0.05) is 12.1 Å². The van der Waals surface area contributed by atoms with Crippen LogP contribution in [-0.4, -0.2) is 28.5 Å². The van der Waals surface area contributed by atoms with Crippen LogP contribution in [0.15, 0.2) is 70.0 Å². The molecule has 9 heteroatoms. The number of amides is 1. The Bertz CT molecular complexity index is 1370. The van der Waals surface area contributed by atoms with Crippen molar-refractivity contribution in [3.8, 4) is 5.75 Å². The van der Waals surface area contributed by atoms with E-state index in [0.29, 0.717) is 34.1 Å². The fourth-order valence-electron chi connectivity index (χ4n) is 3.06. The summed E-state index contributed by atoms with van der Waals surface area (Å²) < 4.78 is 16.7. The third-order valence-electron chi connectivity index (χ3n) is 4.56. The van der Waals surface area contributed by atoms with Crippen LogP contribution in [0.25, 0.3) is 5.65 Å². The van der Waals surface area contributed by atoms with Crippen molar-refractivity contribution in [2.24, 2.45) is 0 Å². The second-order valence-electron chi connectivity index (χ2n) is 6.93. The number of anilines is 1. The Labute approximate surface area is 182 Å². The SMILES string of the molecule is COc1cccc(C(=O)Nc2cccc(C(=O)OCc3cc(=O)n4oc(C)cc4n3)c2)c1. The van der Waals surface area contributed by atoms with E-state index in [9.17, 15) is 14.4 Å². The molecule has 0 aliphatic heterocycles. The van der Waals surface area contributed by atoms with Crippen LogP contribution < -0.4 is 15.6 Å². The molecule has 4 rings (SSSR count). The summed E-state index contributed by atoms with van der Waals surface area (Å²) in [6.45, 7) is 1.52. The van der Waals surface area contributed by atoms with Crippen molar-refractivity contribution in [3.05, 3.63) is 93.6 Å². The molecule has 0 spiro atoms. The molecule has 0 saturated heterocycles. The number of aromatic nitrogens is 2. The first-order chi connectivity index (χ1) is 15.4. The highest BCUT2D eigenvalue weighted by Crippen LogP contribution is 2.17. The molecule has 0 radical (unpaired) electrons. The number of fused-ring (bicyclic) bond motifs is 1. The van der Waals surface area contributed by atoms with Gasteiger partial charge in [0.2, 0.25) is 0 Å². The first kappa shape index (κ1) is 20.9. The molecular weight excluding hydrogens is 414 g/mol. The normalized spacial score (nSPS) is 10.7. The summed E-state index contributed by atoms with van der Waals surface area (Å²) in [7, 11) is 1.52. The predicted octanol–water partition coefficient (Wildman–Crippen LogP) is 3.21. The van der Waals surface area contributed by atoms with Crippen molar-refractivity contribution in [3.63, 3.8) is 0 Å². The molecule has 32 heavy (non-hydrogen) atoms. The van der Waals surface area contributed by atoms with Crippen LogP contribution in [0.2, 0.25) is 0 Å². The van der Waals surface area contributed by atoms with Crippen LogP contribution in [0.5, 0.6) is 5.75 Å². The van der Waals surface area contributed by atoms with Gasteiger partial charge in [-0.2, -0.15) is 0 Å². The number of hydrogen-bond acceptors (Lipinski definition) is 7. The van der Waals surface area contributed by atoms with Gasteiger partial charge in [0.05, 0.1) is 18.4 Å². The fourth-order valence-corrected chi connectivity index (χ4v) is 3.06. The zero-order valence-electron chi connectivity index (χ0n) is 17.3. The molecule has 0 atom stereocenters. The quantitative estimate of drug-likeness (QED) is 0.465. The summed E-state index contributed by atoms with van der Waals surface area (Å²) in [5.74, 6) is 0.138. The van der Waals surface area contributed by atoms with Crippen molar-refractivity contribution in [2.45, 2.75) is 13.5 Å². The van der Waals surface area contributed by atoms with E-state index in [2.05, 4.69) is 10.3 Å². The lowest BCUT2D eigenvalue weighted by molar-refractivity contribution is 0.0467. The average Bonchev–Trinajstić information content (AvgIpc) is 3.18. The number of benzene rings is 2. The molecule has 0 aliphatic rings. The number of hydrogen-bond donors (Lipinski definition) is 1. The van der Waals surface area contributed by atoms with Crippen LogP contribution in [-0.2, 0) is 11.3 Å². The Kier molecular flexibility index (Phi) is 5.71. The Hall–Kier alpha value is -4.40. The first-order valence-corrected chi connectivity index (χ1v) is 9.65. The third kappa shape index (κ3) is 4.51. The maximum atomic E-state index is 12.5. The van der Waals surface area contributed by atoms with E-state index in [1.807, 2.05) is 0 Å². The minimum Gasteiger partial charge on any atom is -0.497 e. The van der Waals surface area contributed by atoms with E-state index in [4.69, 9.17) is 14.0 Å². The maximum absolute atomic E-state index is 12.5. The van der Waals surface area contributed by atoms with Crippen molar-refractivity contribution in [1.29, 1.82) is 0 Å². The van der Waals surface area contributed by atoms with Gasteiger partial charge in [0.15, 0.2) is 5.65 Å². The lowest BCUT2D eigenvalue weighted by Crippen LogP contribution is -2.15. The predicted molar refractivity (Wildman–Crippen MR) is 115 cm³/mol. The molecule has 0 aliphatic carbocycles. The summed E-state index contributed by atoms with van der Waals surface area (Å²) >= 11 is 0. The van der Waals surface area contributed by atoms with E-state index in [-0.39, 0.29) is 18.1 Å².